The molecule has 2 aromatic carbocycles. The minimum atomic E-state index is -4.53. The molecule has 27 heavy (non-hydrogen) atoms. The molecular formula is C18H17F3N2O3S. The SMILES string of the molecule is O=C(Cc1ccc(NS(=O)(=O)c2ccc(C(F)(F)F)cc2)cc1)NC1CC1. The van der Waals surface area contributed by atoms with Crippen molar-refractivity contribution in [2.24, 2.45) is 0 Å². The van der Waals surface area contributed by atoms with Crippen LogP contribution in [0.5, 0.6) is 0 Å². The number of halogens is 3. The molecule has 2 aromatic rings. The van der Waals surface area contributed by atoms with Gasteiger partial charge >= 0.3 is 6.18 Å². The van der Waals surface area contributed by atoms with Crippen molar-refractivity contribution in [1.29, 1.82) is 0 Å². The van der Waals surface area contributed by atoms with Gasteiger partial charge in [0.05, 0.1) is 16.9 Å². The molecular weight excluding hydrogens is 381 g/mol. The van der Waals surface area contributed by atoms with Crippen molar-refractivity contribution in [1.82, 2.24) is 5.32 Å². The zero-order valence-electron chi connectivity index (χ0n) is 14.1. The lowest BCUT2D eigenvalue weighted by Crippen LogP contribution is -2.26. The number of sulfonamides is 1. The van der Waals surface area contributed by atoms with Gasteiger partial charge in [0.25, 0.3) is 10.0 Å². The number of carbonyl (C=O) groups excluding carboxylic acids is 1. The molecule has 0 heterocycles. The molecule has 0 radical (unpaired) electrons. The normalized spacial score (nSPS) is 14.6. The van der Waals surface area contributed by atoms with E-state index in [0.717, 1.165) is 42.7 Å². The molecule has 9 heteroatoms. The van der Waals surface area contributed by atoms with Gasteiger partial charge in [0.1, 0.15) is 0 Å². The lowest BCUT2D eigenvalue weighted by molar-refractivity contribution is -0.137. The second-order valence-corrected chi connectivity index (χ2v) is 8.03. The molecule has 3 rings (SSSR count). The van der Waals surface area contributed by atoms with Crippen molar-refractivity contribution in [3.8, 4) is 0 Å². The Kier molecular flexibility index (Phi) is 5.14. The van der Waals surface area contributed by atoms with E-state index < -0.39 is 21.8 Å². The third-order valence-corrected chi connectivity index (χ3v) is 5.40. The van der Waals surface area contributed by atoms with Gasteiger partial charge in [0.15, 0.2) is 0 Å². The Labute approximate surface area is 154 Å². The van der Waals surface area contributed by atoms with E-state index in [-0.39, 0.29) is 29.0 Å². The third kappa shape index (κ3) is 5.22. The zero-order chi connectivity index (χ0) is 19.7. The van der Waals surface area contributed by atoms with Crippen LogP contribution in [0.2, 0.25) is 0 Å². The number of amides is 1. The van der Waals surface area contributed by atoms with Gasteiger partial charge < -0.3 is 5.32 Å². The fourth-order valence-electron chi connectivity index (χ4n) is 2.42. The molecule has 0 bridgehead atoms. The highest BCUT2D eigenvalue weighted by Crippen LogP contribution is 2.30. The standard InChI is InChI=1S/C18H17F3N2O3S/c19-18(20,21)13-3-9-16(10-4-13)27(25,26)23-15-5-1-12(2-6-15)11-17(24)22-14-7-8-14/h1-6,9-10,14,23H,7-8,11H2,(H,22,24). The zero-order valence-corrected chi connectivity index (χ0v) is 14.9. The van der Waals surface area contributed by atoms with Crippen LogP contribution in [-0.4, -0.2) is 20.4 Å². The summed E-state index contributed by atoms with van der Waals surface area (Å²) in [5, 5.41) is 2.86. The Morgan fingerprint density at radius 3 is 2.11 bits per heavy atom. The summed E-state index contributed by atoms with van der Waals surface area (Å²) in [5.41, 5.74) is 0.0576. The molecule has 1 aliphatic carbocycles. The van der Waals surface area contributed by atoms with Crippen molar-refractivity contribution in [3.05, 3.63) is 59.7 Å². The molecule has 1 saturated carbocycles. The maximum Gasteiger partial charge on any atom is 0.416 e. The minimum absolute atomic E-state index is 0.0874. The van der Waals surface area contributed by atoms with E-state index in [1.807, 2.05) is 0 Å². The highest BCUT2D eigenvalue weighted by atomic mass is 32.2. The van der Waals surface area contributed by atoms with E-state index >= 15 is 0 Å². The first-order valence-corrected chi connectivity index (χ1v) is 9.70. The second kappa shape index (κ2) is 7.22. The van der Waals surface area contributed by atoms with Crippen LogP contribution >= 0.6 is 0 Å². The summed E-state index contributed by atoms with van der Waals surface area (Å²) < 4.78 is 64.6. The highest BCUT2D eigenvalue weighted by molar-refractivity contribution is 7.92. The minimum Gasteiger partial charge on any atom is -0.353 e. The van der Waals surface area contributed by atoms with Gasteiger partial charge in [-0.2, -0.15) is 13.2 Å². The average molecular weight is 398 g/mol. The lowest BCUT2D eigenvalue weighted by Gasteiger charge is -2.11. The van der Waals surface area contributed by atoms with E-state index in [1.165, 1.54) is 12.1 Å². The molecule has 1 fully saturated rings. The summed E-state index contributed by atoms with van der Waals surface area (Å²) in [5.74, 6) is -0.0874. The molecule has 0 unspecified atom stereocenters. The van der Waals surface area contributed by atoms with Gasteiger partial charge in [-0.1, -0.05) is 12.1 Å². The van der Waals surface area contributed by atoms with Crippen LogP contribution in [0.4, 0.5) is 18.9 Å². The molecule has 0 spiro atoms. The molecule has 0 aromatic heterocycles. The monoisotopic (exact) mass is 398 g/mol. The van der Waals surface area contributed by atoms with E-state index in [1.54, 1.807) is 12.1 Å². The van der Waals surface area contributed by atoms with E-state index in [4.69, 9.17) is 0 Å². The second-order valence-electron chi connectivity index (χ2n) is 6.34. The van der Waals surface area contributed by atoms with Crippen molar-refractivity contribution in [2.45, 2.75) is 36.4 Å². The lowest BCUT2D eigenvalue weighted by atomic mass is 10.1. The maximum absolute atomic E-state index is 12.6. The molecule has 0 saturated heterocycles. The van der Waals surface area contributed by atoms with E-state index in [0.29, 0.717) is 0 Å². The molecule has 0 atom stereocenters. The van der Waals surface area contributed by atoms with Crippen molar-refractivity contribution < 1.29 is 26.4 Å². The van der Waals surface area contributed by atoms with Crippen LogP contribution < -0.4 is 10.0 Å². The Morgan fingerprint density at radius 1 is 1.00 bits per heavy atom. The Morgan fingerprint density at radius 2 is 1.59 bits per heavy atom. The number of benzene rings is 2. The molecule has 5 nitrogen and oxygen atoms in total. The van der Waals surface area contributed by atoms with Gasteiger partial charge in [-0.15, -0.1) is 0 Å². The van der Waals surface area contributed by atoms with Crippen LogP contribution in [0.25, 0.3) is 0 Å². The van der Waals surface area contributed by atoms with Crippen molar-refractivity contribution in [3.63, 3.8) is 0 Å². The number of hydrogen-bond donors (Lipinski definition) is 2. The van der Waals surface area contributed by atoms with Gasteiger partial charge in [-0.3, -0.25) is 9.52 Å². The summed E-state index contributed by atoms with van der Waals surface area (Å²) >= 11 is 0. The van der Waals surface area contributed by atoms with Crippen molar-refractivity contribution in [2.75, 3.05) is 4.72 Å². The quantitative estimate of drug-likeness (QED) is 0.784. The van der Waals surface area contributed by atoms with Crippen LogP contribution in [0.15, 0.2) is 53.4 Å². The van der Waals surface area contributed by atoms with Crippen LogP contribution in [0, 0.1) is 0 Å². The summed E-state index contributed by atoms with van der Waals surface area (Å²) in [7, 11) is -4.02. The first-order chi connectivity index (χ1) is 12.6. The summed E-state index contributed by atoms with van der Waals surface area (Å²) in [6.45, 7) is 0. The third-order valence-electron chi connectivity index (χ3n) is 4.01. The Balaban J connectivity index is 1.65. The molecule has 0 aliphatic heterocycles. The number of alkyl halides is 3. The summed E-state index contributed by atoms with van der Waals surface area (Å²) in [6, 6.07) is 9.76. The number of carbonyl (C=O) groups is 1. The smallest absolute Gasteiger partial charge is 0.353 e. The van der Waals surface area contributed by atoms with E-state index in [2.05, 4.69) is 10.0 Å². The van der Waals surface area contributed by atoms with Crippen LogP contribution in [-0.2, 0) is 27.4 Å². The average Bonchev–Trinajstić information content (AvgIpc) is 3.39. The van der Waals surface area contributed by atoms with E-state index in [9.17, 15) is 26.4 Å². The van der Waals surface area contributed by atoms with Gasteiger partial charge in [0.2, 0.25) is 5.91 Å². The first-order valence-electron chi connectivity index (χ1n) is 8.22. The topological polar surface area (TPSA) is 75.3 Å². The maximum atomic E-state index is 12.6. The highest BCUT2D eigenvalue weighted by Gasteiger charge is 2.30. The molecule has 1 aliphatic rings. The largest absolute Gasteiger partial charge is 0.416 e. The van der Waals surface area contributed by atoms with Gasteiger partial charge in [-0.25, -0.2) is 8.42 Å². The van der Waals surface area contributed by atoms with Crippen LogP contribution in [0.1, 0.15) is 24.0 Å². The molecule has 144 valence electrons. The van der Waals surface area contributed by atoms with Crippen molar-refractivity contribution >= 4 is 21.6 Å². The predicted molar refractivity (Wildman–Crippen MR) is 93.6 cm³/mol. The fourth-order valence-corrected chi connectivity index (χ4v) is 3.48. The number of hydrogen-bond acceptors (Lipinski definition) is 3. The van der Waals surface area contributed by atoms with Gasteiger partial charge in [0, 0.05) is 11.7 Å². The number of anilines is 1. The summed E-state index contributed by atoms with van der Waals surface area (Å²) in [4.78, 5) is 11.5. The fraction of sp³-hybridized carbons (Fsp3) is 0.278. The Bertz CT molecular complexity index is 920. The number of rotatable bonds is 6. The molecule has 2 N–H and O–H groups in total. The Hall–Kier alpha value is -2.55. The summed E-state index contributed by atoms with van der Waals surface area (Å²) in [6.07, 6.45) is -2.34. The van der Waals surface area contributed by atoms with Gasteiger partial charge in [-0.05, 0) is 54.8 Å². The predicted octanol–water partition coefficient (Wildman–Crippen LogP) is 3.33. The first kappa shape index (κ1) is 19.2. The number of nitrogens with one attached hydrogen (secondary N) is 2. The molecule has 1 amide bonds. The van der Waals surface area contributed by atoms with Crippen LogP contribution in [0.3, 0.4) is 0 Å².